The number of carbonyl (C=O) groups excluding carboxylic acids is 4. The highest BCUT2D eigenvalue weighted by molar-refractivity contribution is 6.53. The molecule has 2 saturated heterocycles. The van der Waals surface area contributed by atoms with Crippen molar-refractivity contribution in [2.45, 2.75) is 49.3 Å². The van der Waals surface area contributed by atoms with Crippen molar-refractivity contribution in [1.29, 1.82) is 0 Å². The molecule has 2 aromatic rings. The predicted molar refractivity (Wildman–Crippen MR) is 152 cm³/mol. The number of alkyl halides is 2. The maximum atomic E-state index is 14.0. The molecule has 208 valence electrons. The van der Waals surface area contributed by atoms with Crippen LogP contribution in [0.2, 0.25) is 5.02 Å². The lowest BCUT2D eigenvalue weighted by Gasteiger charge is -2.51. The fourth-order valence-electron chi connectivity index (χ4n) is 7.25. The van der Waals surface area contributed by atoms with Crippen LogP contribution in [0, 0.1) is 38.5 Å². The largest absolute Gasteiger partial charge is 0.507 e. The van der Waals surface area contributed by atoms with E-state index in [-0.39, 0.29) is 24.5 Å². The van der Waals surface area contributed by atoms with Gasteiger partial charge in [0.2, 0.25) is 11.8 Å². The number of phenols is 1. The van der Waals surface area contributed by atoms with Crippen LogP contribution in [0.3, 0.4) is 0 Å². The Morgan fingerprint density at radius 3 is 2.17 bits per heavy atom. The van der Waals surface area contributed by atoms with Crippen LogP contribution in [0.5, 0.6) is 5.75 Å². The number of nitrogens with zero attached hydrogens (tertiary/aromatic N) is 2. The Morgan fingerprint density at radius 1 is 0.900 bits per heavy atom. The van der Waals surface area contributed by atoms with Crippen LogP contribution in [0.4, 0.5) is 5.69 Å². The summed E-state index contributed by atoms with van der Waals surface area (Å²) < 4.78 is 0. The van der Waals surface area contributed by atoms with E-state index in [1.54, 1.807) is 44.2 Å². The lowest BCUT2D eigenvalue weighted by atomic mass is 9.56. The number of allylic oxidation sites excluding steroid dienone is 2. The Balaban J connectivity index is 1.53. The van der Waals surface area contributed by atoms with Crippen LogP contribution in [0.25, 0.3) is 0 Å². The lowest BCUT2D eigenvalue weighted by Crippen LogP contribution is -2.60. The van der Waals surface area contributed by atoms with E-state index >= 15 is 0 Å². The average Bonchev–Trinajstić information content (AvgIpc) is 3.23. The van der Waals surface area contributed by atoms with E-state index in [4.69, 9.17) is 34.8 Å². The summed E-state index contributed by atoms with van der Waals surface area (Å²) in [6, 6.07) is 8.52. The summed E-state index contributed by atoms with van der Waals surface area (Å²) in [5.41, 5.74) is 3.67. The molecule has 3 fully saturated rings. The third kappa shape index (κ3) is 3.31. The normalized spacial score (nSPS) is 33.2. The second-order valence-electron chi connectivity index (χ2n) is 11.4. The topological polar surface area (TPSA) is 95.0 Å². The van der Waals surface area contributed by atoms with Crippen LogP contribution < -0.4 is 4.90 Å². The van der Waals surface area contributed by atoms with Gasteiger partial charge in [-0.1, -0.05) is 41.4 Å². The van der Waals surface area contributed by atoms with Gasteiger partial charge in [-0.3, -0.25) is 24.1 Å². The number of imide groups is 2. The highest BCUT2D eigenvalue weighted by Crippen LogP contribution is 2.65. The SMILES string of the molecule is Cc1ccc(N2C(=O)[C@H]3[C@H](CC=C4[C@H]3C[C@@]3(Cl)C(=O)N(C)C(=O)[C@@]3(Cl)[C@H]4c3cc(C)c(O)c(C)c3)C2=O)cc1Cl. The minimum Gasteiger partial charge on any atom is -0.507 e. The van der Waals surface area contributed by atoms with Crippen molar-refractivity contribution in [3.05, 3.63) is 69.3 Å². The first-order chi connectivity index (χ1) is 18.7. The number of carbonyl (C=O) groups is 4. The van der Waals surface area contributed by atoms with Gasteiger partial charge in [-0.2, -0.15) is 0 Å². The lowest BCUT2D eigenvalue weighted by molar-refractivity contribution is -0.138. The summed E-state index contributed by atoms with van der Waals surface area (Å²) in [5.74, 6) is -4.79. The molecule has 0 bridgehead atoms. The molecular weight excluding hydrogens is 575 g/mol. The zero-order valence-electron chi connectivity index (χ0n) is 22.3. The van der Waals surface area contributed by atoms with Crippen molar-refractivity contribution < 1.29 is 24.3 Å². The van der Waals surface area contributed by atoms with E-state index in [1.807, 2.05) is 13.0 Å². The number of anilines is 1. The molecule has 2 aliphatic heterocycles. The van der Waals surface area contributed by atoms with Crippen molar-refractivity contribution in [2.24, 2.45) is 17.8 Å². The van der Waals surface area contributed by atoms with E-state index in [1.165, 1.54) is 11.9 Å². The van der Waals surface area contributed by atoms with Crippen molar-refractivity contribution in [3.8, 4) is 5.75 Å². The number of hydrogen-bond donors (Lipinski definition) is 1. The molecule has 4 amide bonds. The van der Waals surface area contributed by atoms with Gasteiger partial charge in [-0.25, -0.2) is 4.90 Å². The number of fused-ring (bicyclic) bond motifs is 4. The summed E-state index contributed by atoms with van der Waals surface area (Å²) in [6.45, 7) is 5.31. The molecule has 0 unspecified atom stereocenters. The van der Waals surface area contributed by atoms with Gasteiger partial charge in [-0.05, 0) is 73.9 Å². The van der Waals surface area contributed by atoms with Gasteiger partial charge in [0.25, 0.3) is 11.8 Å². The molecule has 7 nitrogen and oxygen atoms in total. The number of benzene rings is 2. The van der Waals surface area contributed by atoms with Crippen LogP contribution >= 0.6 is 34.8 Å². The fraction of sp³-hybridized carbons (Fsp3) is 0.400. The van der Waals surface area contributed by atoms with E-state index in [2.05, 4.69) is 0 Å². The van der Waals surface area contributed by atoms with Crippen LogP contribution in [-0.4, -0.2) is 50.4 Å². The highest BCUT2D eigenvalue weighted by atomic mass is 35.5. The summed E-state index contributed by atoms with van der Waals surface area (Å²) in [6.07, 6.45) is 2.08. The molecule has 6 rings (SSSR count). The quantitative estimate of drug-likeness (QED) is 0.291. The molecule has 4 aliphatic rings. The zero-order chi connectivity index (χ0) is 29.0. The van der Waals surface area contributed by atoms with E-state index < -0.39 is 51.1 Å². The fourth-order valence-corrected chi connectivity index (χ4v) is 8.44. The number of amides is 4. The summed E-state index contributed by atoms with van der Waals surface area (Å²) >= 11 is 20.7. The minimum absolute atomic E-state index is 0.0754. The average molecular weight is 602 g/mol. The Bertz CT molecular complexity index is 1560. The zero-order valence-corrected chi connectivity index (χ0v) is 24.6. The minimum atomic E-state index is -1.86. The van der Waals surface area contributed by atoms with Crippen LogP contribution in [-0.2, 0) is 19.2 Å². The van der Waals surface area contributed by atoms with Gasteiger partial charge in [0.15, 0.2) is 9.75 Å². The van der Waals surface area contributed by atoms with Crippen molar-refractivity contribution in [2.75, 3.05) is 11.9 Å². The number of rotatable bonds is 2. The van der Waals surface area contributed by atoms with Crippen molar-refractivity contribution >= 4 is 64.1 Å². The first kappa shape index (κ1) is 27.3. The van der Waals surface area contributed by atoms with Gasteiger partial charge in [0.05, 0.1) is 17.5 Å². The van der Waals surface area contributed by atoms with E-state index in [0.29, 0.717) is 33.0 Å². The Morgan fingerprint density at radius 2 is 1.55 bits per heavy atom. The second kappa shape index (κ2) is 8.81. The van der Waals surface area contributed by atoms with Crippen LogP contribution in [0.1, 0.15) is 41.0 Å². The third-order valence-electron chi connectivity index (χ3n) is 9.27. The molecule has 1 saturated carbocycles. The highest BCUT2D eigenvalue weighted by Gasteiger charge is 2.75. The molecule has 10 heteroatoms. The van der Waals surface area contributed by atoms with Crippen LogP contribution in [0.15, 0.2) is 42.0 Å². The summed E-state index contributed by atoms with van der Waals surface area (Å²) in [4.78, 5) is 53.4. The van der Waals surface area contributed by atoms with Gasteiger partial charge in [-0.15, -0.1) is 23.2 Å². The van der Waals surface area contributed by atoms with Gasteiger partial charge < -0.3 is 5.11 Å². The number of hydrogen-bond acceptors (Lipinski definition) is 5. The van der Waals surface area contributed by atoms with Crippen molar-refractivity contribution in [3.63, 3.8) is 0 Å². The molecule has 2 heterocycles. The molecule has 0 radical (unpaired) electrons. The molecule has 0 spiro atoms. The molecule has 1 N–H and O–H groups in total. The standard InChI is InChI=1S/C30H27Cl3N2O5/c1-13-5-6-17(11-21(13)31)35-25(37)19-8-7-18-20(22(19)26(35)38)12-29(32)27(39)34(4)28(40)30(29,33)23(18)16-9-14(2)24(36)15(3)10-16/h5-7,9-11,19-20,22-23,36H,8,12H2,1-4H3/t19-,20+,22-,23-,29+,30-/m0/s1. The smallest absolute Gasteiger partial charge is 0.253 e. The number of aryl methyl sites for hydroxylation is 3. The number of halogens is 3. The Labute approximate surface area is 246 Å². The summed E-state index contributed by atoms with van der Waals surface area (Å²) in [5, 5.41) is 10.9. The molecule has 0 aromatic heterocycles. The van der Waals surface area contributed by atoms with E-state index in [9.17, 15) is 24.3 Å². The monoisotopic (exact) mass is 600 g/mol. The van der Waals surface area contributed by atoms with Gasteiger partial charge in [0, 0.05) is 18.0 Å². The Hall–Kier alpha value is -2.87. The maximum Gasteiger partial charge on any atom is 0.253 e. The Kier molecular flexibility index (Phi) is 6.02. The second-order valence-corrected chi connectivity index (χ2v) is 13.1. The molecule has 40 heavy (non-hydrogen) atoms. The molecule has 2 aliphatic carbocycles. The first-order valence-electron chi connectivity index (χ1n) is 13.1. The van der Waals surface area contributed by atoms with Gasteiger partial charge >= 0.3 is 0 Å². The van der Waals surface area contributed by atoms with E-state index in [0.717, 1.165) is 10.5 Å². The van der Waals surface area contributed by atoms with Gasteiger partial charge in [0.1, 0.15) is 5.75 Å². The first-order valence-corrected chi connectivity index (χ1v) is 14.2. The number of likely N-dealkylation sites (tertiary alicyclic amines) is 1. The number of phenolic OH excluding ortho intramolecular Hbond substituents is 1. The molecular formula is C30H27Cl3N2O5. The molecule has 6 atom stereocenters. The predicted octanol–water partition coefficient (Wildman–Crippen LogP) is 5.16. The summed E-state index contributed by atoms with van der Waals surface area (Å²) in [7, 11) is 1.36. The maximum absolute atomic E-state index is 14.0. The van der Waals surface area contributed by atoms with Crippen molar-refractivity contribution in [1.82, 2.24) is 4.90 Å². The third-order valence-corrected chi connectivity index (χ3v) is 11.1. The molecule has 2 aromatic carbocycles. The number of aromatic hydroxyl groups is 1.